The van der Waals surface area contributed by atoms with Crippen LogP contribution in [0.25, 0.3) is 0 Å². The van der Waals surface area contributed by atoms with Crippen LogP contribution in [0.4, 0.5) is 0 Å². The van der Waals surface area contributed by atoms with Gasteiger partial charge in [-0.2, -0.15) is 0 Å². The standard InChI is InChI=1S/C6H10ClO/c7-5-6-3-1-2-4-8-6/h4,6H,1-3,5H2. The highest BCUT2D eigenvalue weighted by atomic mass is 35.5. The van der Waals surface area contributed by atoms with Crippen LogP contribution in [0, 0.1) is 6.61 Å². The van der Waals surface area contributed by atoms with Gasteiger partial charge in [-0.15, -0.1) is 11.6 Å². The molecule has 0 saturated carbocycles. The maximum Gasteiger partial charge on any atom is 0.0841 e. The predicted molar refractivity (Wildman–Crippen MR) is 33.7 cm³/mol. The Balaban J connectivity index is 2.13. The van der Waals surface area contributed by atoms with E-state index in [4.69, 9.17) is 16.3 Å². The Morgan fingerprint density at radius 3 is 3.00 bits per heavy atom. The van der Waals surface area contributed by atoms with E-state index in [0.717, 1.165) is 12.8 Å². The summed E-state index contributed by atoms with van der Waals surface area (Å²) < 4.78 is 5.17. The molecule has 1 fully saturated rings. The van der Waals surface area contributed by atoms with Crippen molar-refractivity contribution in [3.05, 3.63) is 6.61 Å². The van der Waals surface area contributed by atoms with Gasteiger partial charge in [0.25, 0.3) is 0 Å². The summed E-state index contributed by atoms with van der Waals surface area (Å²) in [6.07, 6.45) is 3.75. The molecule has 1 heterocycles. The third-order valence-corrected chi connectivity index (χ3v) is 1.65. The van der Waals surface area contributed by atoms with Crippen molar-refractivity contribution in [2.75, 3.05) is 5.88 Å². The lowest BCUT2D eigenvalue weighted by Crippen LogP contribution is -2.17. The molecule has 0 aromatic heterocycles. The Morgan fingerprint density at radius 2 is 2.62 bits per heavy atom. The summed E-state index contributed by atoms with van der Waals surface area (Å²) in [5, 5.41) is 0. The van der Waals surface area contributed by atoms with Gasteiger partial charge in [-0.1, -0.05) is 0 Å². The second-order valence-corrected chi connectivity index (χ2v) is 2.32. The van der Waals surface area contributed by atoms with Gasteiger partial charge in [0.15, 0.2) is 0 Å². The van der Waals surface area contributed by atoms with E-state index >= 15 is 0 Å². The van der Waals surface area contributed by atoms with Crippen molar-refractivity contribution in [1.29, 1.82) is 0 Å². The van der Waals surface area contributed by atoms with Crippen molar-refractivity contribution >= 4 is 11.6 Å². The van der Waals surface area contributed by atoms with Crippen molar-refractivity contribution in [2.45, 2.75) is 25.4 Å². The van der Waals surface area contributed by atoms with Gasteiger partial charge in [-0.3, -0.25) is 0 Å². The monoisotopic (exact) mass is 133 g/mol. The molecule has 1 nitrogen and oxygen atoms in total. The van der Waals surface area contributed by atoms with Crippen molar-refractivity contribution in [1.82, 2.24) is 0 Å². The highest BCUT2D eigenvalue weighted by molar-refractivity contribution is 6.18. The molecule has 0 spiro atoms. The smallest absolute Gasteiger partial charge is 0.0841 e. The molecule has 0 bridgehead atoms. The molecule has 1 atom stereocenters. The molecular weight excluding hydrogens is 124 g/mol. The lowest BCUT2D eigenvalue weighted by Gasteiger charge is -2.18. The van der Waals surface area contributed by atoms with Crippen LogP contribution in [-0.2, 0) is 4.74 Å². The Hall–Kier alpha value is 0.250. The second-order valence-electron chi connectivity index (χ2n) is 2.01. The lowest BCUT2D eigenvalue weighted by atomic mass is 10.1. The zero-order chi connectivity index (χ0) is 5.82. The summed E-state index contributed by atoms with van der Waals surface area (Å²) >= 11 is 5.54. The van der Waals surface area contributed by atoms with Crippen LogP contribution in [-0.4, -0.2) is 12.0 Å². The van der Waals surface area contributed by atoms with Gasteiger partial charge < -0.3 is 4.74 Å². The Kier molecular flexibility index (Phi) is 2.64. The maximum atomic E-state index is 5.54. The molecule has 0 aromatic rings. The van der Waals surface area contributed by atoms with Crippen LogP contribution >= 0.6 is 11.6 Å². The first-order valence-electron chi connectivity index (χ1n) is 2.96. The summed E-state index contributed by atoms with van der Waals surface area (Å²) in [6.45, 7) is 1.86. The van der Waals surface area contributed by atoms with Crippen LogP contribution in [0.3, 0.4) is 0 Å². The van der Waals surface area contributed by atoms with E-state index in [-0.39, 0.29) is 0 Å². The number of rotatable bonds is 1. The molecule has 1 aliphatic rings. The van der Waals surface area contributed by atoms with E-state index in [0.29, 0.717) is 12.0 Å². The fraction of sp³-hybridized carbons (Fsp3) is 0.833. The normalized spacial score (nSPS) is 30.4. The van der Waals surface area contributed by atoms with Crippen LogP contribution in [0.15, 0.2) is 0 Å². The number of hydrogen-bond donors (Lipinski definition) is 0. The largest absolute Gasteiger partial charge is 0.371 e. The highest BCUT2D eigenvalue weighted by Crippen LogP contribution is 2.15. The molecule has 0 amide bonds. The predicted octanol–water partition coefficient (Wildman–Crippen LogP) is 1.96. The van der Waals surface area contributed by atoms with Crippen LogP contribution in [0.1, 0.15) is 19.3 Å². The van der Waals surface area contributed by atoms with Crippen molar-refractivity contribution in [3.8, 4) is 0 Å². The van der Waals surface area contributed by atoms with Crippen molar-refractivity contribution < 1.29 is 4.74 Å². The van der Waals surface area contributed by atoms with E-state index in [9.17, 15) is 0 Å². The SMILES string of the molecule is ClCC1CCC[CH]O1. The highest BCUT2D eigenvalue weighted by Gasteiger charge is 2.11. The number of halogens is 1. The van der Waals surface area contributed by atoms with Gasteiger partial charge in [-0.25, -0.2) is 0 Å². The Morgan fingerprint density at radius 1 is 1.75 bits per heavy atom. The molecule has 1 aliphatic heterocycles. The first-order valence-corrected chi connectivity index (χ1v) is 3.50. The first-order chi connectivity index (χ1) is 3.93. The zero-order valence-electron chi connectivity index (χ0n) is 4.77. The van der Waals surface area contributed by atoms with Crippen LogP contribution in [0.5, 0.6) is 0 Å². The number of hydrogen-bond acceptors (Lipinski definition) is 1. The molecular formula is C6H10ClO. The van der Waals surface area contributed by atoms with Gasteiger partial charge in [0.05, 0.1) is 12.7 Å². The fourth-order valence-corrected chi connectivity index (χ4v) is 1.04. The van der Waals surface area contributed by atoms with E-state index in [1.54, 1.807) is 0 Å². The van der Waals surface area contributed by atoms with E-state index < -0.39 is 0 Å². The molecule has 8 heavy (non-hydrogen) atoms. The average Bonchev–Trinajstić information content (AvgIpc) is 1.90. The second kappa shape index (κ2) is 3.31. The van der Waals surface area contributed by atoms with E-state index in [1.165, 1.54) is 6.42 Å². The molecule has 47 valence electrons. The summed E-state index contributed by atoms with van der Waals surface area (Å²) in [7, 11) is 0. The quantitative estimate of drug-likeness (QED) is 0.497. The summed E-state index contributed by atoms with van der Waals surface area (Å²) in [4.78, 5) is 0. The number of ether oxygens (including phenoxy) is 1. The lowest BCUT2D eigenvalue weighted by molar-refractivity contribution is 0.0810. The third-order valence-electron chi connectivity index (χ3n) is 1.31. The first kappa shape index (κ1) is 6.37. The molecule has 1 rings (SSSR count). The minimum atomic E-state index is 0.297. The average molecular weight is 134 g/mol. The maximum absolute atomic E-state index is 5.54. The molecule has 1 radical (unpaired) electrons. The summed E-state index contributed by atoms with van der Waals surface area (Å²) in [5.74, 6) is 0.635. The van der Waals surface area contributed by atoms with Gasteiger partial charge >= 0.3 is 0 Å². The topological polar surface area (TPSA) is 9.23 Å². The van der Waals surface area contributed by atoms with Crippen LogP contribution in [0.2, 0.25) is 0 Å². The zero-order valence-corrected chi connectivity index (χ0v) is 5.53. The molecule has 0 aliphatic carbocycles. The molecule has 1 saturated heterocycles. The minimum Gasteiger partial charge on any atom is -0.371 e. The van der Waals surface area contributed by atoms with Crippen molar-refractivity contribution in [3.63, 3.8) is 0 Å². The van der Waals surface area contributed by atoms with Gasteiger partial charge in [0.2, 0.25) is 0 Å². The number of alkyl halides is 1. The minimum absolute atomic E-state index is 0.297. The van der Waals surface area contributed by atoms with Gasteiger partial charge in [-0.05, 0) is 19.3 Å². The van der Waals surface area contributed by atoms with Crippen molar-refractivity contribution in [2.24, 2.45) is 0 Å². The summed E-state index contributed by atoms with van der Waals surface area (Å²) in [5.41, 5.74) is 0. The van der Waals surface area contributed by atoms with Crippen LogP contribution < -0.4 is 0 Å². The molecule has 0 N–H and O–H groups in total. The summed E-state index contributed by atoms with van der Waals surface area (Å²) in [6, 6.07) is 0. The van der Waals surface area contributed by atoms with Gasteiger partial charge in [0, 0.05) is 5.88 Å². The Bertz CT molecular complexity index is 59.5. The Labute approximate surface area is 55.0 Å². The fourth-order valence-electron chi connectivity index (χ4n) is 0.815. The molecule has 2 heteroatoms. The van der Waals surface area contributed by atoms with E-state index in [1.807, 2.05) is 6.61 Å². The third kappa shape index (κ3) is 1.64. The molecule has 1 unspecified atom stereocenters. The van der Waals surface area contributed by atoms with Gasteiger partial charge in [0.1, 0.15) is 0 Å². The molecule has 0 aromatic carbocycles. The van der Waals surface area contributed by atoms with E-state index in [2.05, 4.69) is 0 Å².